The minimum absolute atomic E-state index is 0.816. The van der Waals surface area contributed by atoms with Crippen LogP contribution in [0, 0.1) is 0 Å². The molecule has 0 aromatic carbocycles. The van der Waals surface area contributed by atoms with Crippen molar-refractivity contribution < 1.29 is 4.74 Å². The molecule has 0 bridgehead atoms. The minimum Gasteiger partial charge on any atom is -0.379 e. The van der Waals surface area contributed by atoms with Crippen LogP contribution in [0.3, 0.4) is 0 Å². The van der Waals surface area contributed by atoms with Crippen molar-refractivity contribution in [3.8, 4) is 0 Å². The molecule has 0 spiro atoms. The van der Waals surface area contributed by atoms with Gasteiger partial charge in [-0.2, -0.15) is 0 Å². The molecule has 0 N–H and O–H groups in total. The first-order valence-electron chi connectivity index (χ1n) is 6.36. The topological polar surface area (TPSA) is 15.7 Å². The summed E-state index contributed by atoms with van der Waals surface area (Å²) >= 11 is 0. The van der Waals surface area contributed by atoms with Gasteiger partial charge in [-0.3, -0.25) is 4.90 Å². The van der Waals surface area contributed by atoms with Crippen LogP contribution in [0.25, 0.3) is 0 Å². The van der Waals surface area contributed by atoms with Gasteiger partial charge in [-0.25, -0.2) is 0 Å². The zero-order chi connectivity index (χ0) is 10.5. The van der Waals surface area contributed by atoms with Crippen LogP contribution >= 0.6 is 0 Å². The molecule has 0 aromatic heterocycles. The second kappa shape index (κ2) is 5.83. The Morgan fingerprint density at radius 3 is 2.53 bits per heavy atom. The first-order chi connectivity index (χ1) is 7.36. The first kappa shape index (κ1) is 11.4. The van der Waals surface area contributed by atoms with E-state index in [2.05, 4.69) is 16.8 Å². The average Bonchev–Trinajstić information content (AvgIpc) is 2.25. The maximum Gasteiger partial charge on any atom is 0.0594 e. The SMILES string of the molecule is CN1CCCCC(N2CCOCC2)CC1. The van der Waals surface area contributed by atoms with Crippen molar-refractivity contribution in [2.75, 3.05) is 46.4 Å². The van der Waals surface area contributed by atoms with Crippen molar-refractivity contribution in [1.29, 1.82) is 0 Å². The lowest BCUT2D eigenvalue weighted by Crippen LogP contribution is -2.45. The van der Waals surface area contributed by atoms with E-state index in [1.807, 2.05) is 0 Å². The lowest BCUT2D eigenvalue weighted by Gasteiger charge is -2.36. The monoisotopic (exact) mass is 212 g/mol. The molecule has 2 aliphatic rings. The number of rotatable bonds is 1. The predicted molar refractivity (Wildman–Crippen MR) is 62.1 cm³/mol. The number of ether oxygens (including phenoxy) is 1. The van der Waals surface area contributed by atoms with Gasteiger partial charge in [0.15, 0.2) is 0 Å². The molecule has 2 rings (SSSR count). The first-order valence-corrected chi connectivity index (χ1v) is 6.36. The quantitative estimate of drug-likeness (QED) is 0.649. The van der Waals surface area contributed by atoms with Gasteiger partial charge in [-0.1, -0.05) is 6.42 Å². The van der Waals surface area contributed by atoms with Crippen molar-refractivity contribution in [3.05, 3.63) is 0 Å². The number of hydrogen-bond acceptors (Lipinski definition) is 3. The Morgan fingerprint density at radius 1 is 0.933 bits per heavy atom. The molecule has 0 amide bonds. The predicted octanol–water partition coefficient (Wildman–Crippen LogP) is 1.19. The Labute approximate surface area is 93.4 Å². The lowest BCUT2D eigenvalue weighted by molar-refractivity contribution is 0.00893. The third-order valence-corrected chi connectivity index (χ3v) is 3.73. The molecular weight excluding hydrogens is 188 g/mol. The van der Waals surface area contributed by atoms with Crippen molar-refractivity contribution in [2.45, 2.75) is 31.7 Å². The Hall–Kier alpha value is -0.120. The molecule has 2 fully saturated rings. The van der Waals surface area contributed by atoms with Gasteiger partial charge in [-0.05, 0) is 39.4 Å². The van der Waals surface area contributed by atoms with Gasteiger partial charge in [-0.15, -0.1) is 0 Å². The molecule has 0 aromatic rings. The fourth-order valence-electron chi connectivity index (χ4n) is 2.70. The summed E-state index contributed by atoms with van der Waals surface area (Å²) in [6.45, 7) is 6.72. The standard InChI is InChI=1S/C12H24N2O/c1-13-6-3-2-4-12(5-7-13)14-8-10-15-11-9-14/h12H,2-11H2,1H3. The molecule has 0 saturated carbocycles. The molecule has 15 heavy (non-hydrogen) atoms. The second-order valence-electron chi connectivity index (χ2n) is 4.89. The van der Waals surface area contributed by atoms with E-state index in [-0.39, 0.29) is 0 Å². The Bertz CT molecular complexity index is 180. The van der Waals surface area contributed by atoms with Gasteiger partial charge in [0, 0.05) is 19.1 Å². The molecule has 88 valence electrons. The van der Waals surface area contributed by atoms with Gasteiger partial charge >= 0.3 is 0 Å². The summed E-state index contributed by atoms with van der Waals surface area (Å²) in [5.41, 5.74) is 0. The summed E-state index contributed by atoms with van der Waals surface area (Å²) in [6, 6.07) is 0.816. The van der Waals surface area contributed by atoms with E-state index in [1.54, 1.807) is 0 Å². The summed E-state index contributed by atoms with van der Waals surface area (Å²) in [4.78, 5) is 5.12. The van der Waals surface area contributed by atoms with Crippen LogP contribution in [0.1, 0.15) is 25.7 Å². The van der Waals surface area contributed by atoms with E-state index < -0.39 is 0 Å². The van der Waals surface area contributed by atoms with E-state index in [9.17, 15) is 0 Å². The van der Waals surface area contributed by atoms with Gasteiger partial charge < -0.3 is 9.64 Å². The number of hydrogen-bond donors (Lipinski definition) is 0. The highest BCUT2D eigenvalue weighted by atomic mass is 16.5. The average molecular weight is 212 g/mol. The normalized spacial score (nSPS) is 32.2. The third-order valence-electron chi connectivity index (χ3n) is 3.73. The highest BCUT2D eigenvalue weighted by Gasteiger charge is 2.21. The molecule has 2 heterocycles. The molecule has 3 nitrogen and oxygen atoms in total. The lowest BCUT2D eigenvalue weighted by atomic mass is 10.0. The van der Waals surface area contributed by atoms with Gasteiger partial charge in [0.25, 0.3) is 0 Å². The van der Waals surface area contributed by atoms with Gasteiger partial charge in [0.2, 0.25) is 0 Å². The van der Waals surface area contributed by atoms with E-state index in [0.717, 1.165) is 32.3 Å². The zero-order valence-corrected chi connectivity index (χ0v) is 9.95. The maximum absolute atomic E-state index is 5.42. The second-order valence-corrected chi connectivity index (χ2v) is 4.89. The summed E-state index contributed by atoms with van der Waals surface area (Å²) in [7, 11) is 2.25. The molecule has 1 unspecified atom stereocenters. The van der Waals surface area contributed by atoms with Crippen LogP contribution in [0.4, 0.5) is 0 Å². The van der Waals surface area contributed by atoms with E-state index in [4.69, 9.17) is 4.74 Å². The molecule has 0 radical (unpaired) electrons. The molecule has 2 aliphatic heterocycles. The molecule has 3 heteroatoms. The number of likely N-dealkylation sites (tertiary alicyclic amines) is 1. The molecular formula is C12H24N2O. The van der Waals surface area contributed by atoms with Crippen LogP contribution in [0.2, 0.25) is 0 Å². The Morgan fingerprint density at radius 2 is 1.73 bits per heavy atom. The minimum atomic E-state index is 0.816. The third kappa shape index (κ3) is 3.44. The summed E-state index contributed by atoms with van der Waals surface area (Å²) < 4.78 is 5.42. The van der Waals surface area contributed by atoms with Crippen molar-refractivity contribution in [1.82, 2.24) is 9.80 Å². The zero-order valence-electron chi connectivity index (χ0n) is 9.95. The maximum atomic E-state index is 5.42. The van der Waals surface area contributed by atoms with E-state index in [0.29, 0.717) is 0 Å². The Balaban J connectivity index is 1.82. The van der Waals surface area contributed by atoms with Crippen LogP contribution < -0.4 is 0 Å². The van der Waals surface area contributed by atoms with Crippen LogP contribution in [-0.4, -0.2) is 62.3 Å². The molecule has 2 saturated heterocycles. The number of morpholine rings is 1. The van der Waals surface area contributed by atoms with Crippen molar-refractivity contribution in [2.24, 2.45) is 0 Å². The largest absolute Gasteiger partial charge is 0.379 e. The molecule has 0 aliphatic carbocycles. The van der Waals surface area contributed by atoms with Gasteiger partial charge in [0.1, 0.15) is 0 Å². The Kier molecular flexibility index (Phi) is 4.42. The summed E-state index contributed by atoms with van der Waals surface area (Å²) in [5.74, 6) is 0. The van der Waals surface area contributed by atoms with Crippen LogP contribution in [0.15, 0.2) is 0 Å². The highest BCUT2D eigenvalue weighted by Crippen LogP contribution is 2.17. The van der Waals surface area contributed by atoms with Crippen molar-refractivity contribution >= 4 is 0 Å². The van der Waals surface area contributed by atoms with E-state index >= 15 is 0 Å². The smallest absolute Gasteiger partial charge is 0.0594 e. The fraction of sp³-hybridized carbons (Fsp3) is 1.00. The summed E-state index contributed by atoms with van der Waals surface area (Å²) in [5, 5.41) is 0. The summed E-state index contributed by atoms with van der Waals surface area (Å²) in [6.07, 6.45) is 5.51. The number of nitrogens with zero attached hydrogens (tertiary/aromatic N) is 2. The molecule has 1 atom stereocenters. The van der Waals surface area contributed by atoms with E-state index in [1.165, 1.54) is 38.8 Å². The highest BCUT2D eigenvalue weighted by molar-refractivity contribution is 4.77. The van der Waals surface area contributed by atoms with Crippen LogP contribution in [0.5, 0.6) is 0 Å². The van der Waals surface area contributed by atoms with Crippen molar-refractivity contribution in [3.63, 3.8) is 0 Å². The fourth-order valence-corrected chi connectivity index (χ4v) is 2.70. The van der Waals surface area contributed by atoms with Gasteiger partial charge in [0.05, 0.1) is 13.2 Å². The van der Waals surface area contributed by atoms with Crippen LogP contribution in [-0.2, 0) is 4.74 Å².